The number of nitrogens with zero attached hydrogens (tertiary/aromatic N) is 5. The number of pyridine rings is 1. The number of rotatable bonds is 7. The van der Waals surface area contributed by atoms with Gasteiger partial charge < -0.3 is 9.80 Å². The monoisotopic (exact) mass is 375 g/mol. The molecule has 0 N–H and O–H groups in total. The van der Waals surface area contributed by atoms with Crippen LogP contribution >= 0.6 is 11.6 Å². The second kappa shape index (κ2) is 8.31. The third-order valence-corrected chi connectivity index (χ3v) is 4.73. The lowest BCUT2D eigenvalue weighted by molar-refractivity contribution is -0.128. The van der Waals surface area contributed by atoms with E-state index in [0.717, 1.165) is 18.7 Å². The third kappa shape index (κ3) is 4.04. The highest BCUT2D eigenvalue weighted by Gasteiger charge is 2.22. The Kier molecular flexibility index (Phi) is 5.88. The molecule has 2 aromatic heterocycles. The minimum atomic E-state index is -0.0215. The highest BCUT2D eigenvalue weighted by atomic mass is 35.5. The van der Waals surface area contributed by atoms with Crippen LogP contribution in [0, 0.1) is 0 Å². The van der Waals surface area contributed by atoms with E-state index in [-0.39, 0.29) is 17.0 Å². The number of anilines is 1. The molecule has 0 bridgehead atoms. The average molecular weight is 376 g/mol. The van der Waals surface area contributed by atoms with Crippen molar-refractivity contribution in [2.24, 2.45) is 0 Å². The van der Waals surface area contributed by atoms with E-state index in [1.54, 1.807) is 28.2 Å². The van der Waals surface area contributed by atoms with E-state index in [0.29, 0.717) is 38.0 Å². The van der Waals surface area contributed by atoms with Crippen LogP contribution in [0.25, 0.3) is 5.69 Å². The van der Waals surface area contributed by atoms with Gasteiger partial charge in [-0.3, -0.25) is 14.6 Å². The topological polar surface area (TPSA) is 71.3 Å². The molecule has 0 aliphatic carbocycles. The molecule has 0 atom stereocenters. The molecule has 8 heteroatoms. The number of likely N-dealkylation sites (tertiary alicyclic amines) is 1. The summed E-state index contributed by atoms with van der Waals surface area (Å²) in [7, 11) is 0. The third-order valence-electron chi connectivity index (χ3n) is 4.46. The normalized spacial score (nSPS) is 14.1. The van der Waals surface area contributed by atoms with Crippen LogP contribution in [-0.4, -0.2) is 51.1 Å². The lowest BCUT2D eigenvalue weighted by Crippen LogP contribution is -2.32. The van der Waals surface area contributed by atoms with Gasteiger partial charge in [-0.1, -0.05) is 11.6 Å². The molecule has 0 saturated carbocycles. The summed E-state index contributed by atoms with van der Waals surface area (Å²) in [5, 5.41) is 4.56. The fourth-order valence-corrected chi connectivity index (χ4v) is 3.36. The van der Waals surface area contributed by atoms with Crippen molar-refractivity contribution < 1.29 is 9.59 Å². The van der Waals surface area contributed by atoms with Crippen LogP contribution in [0.15, 0.2) is 30.7 Å². The highest BCUT2D eigenvalue weighted by molar-refractivity contribution is 6.32. The first-order valence-electron chi connectivity index (χ1n) is 8.84. The molecule has 26 heavy (non-hydrogen) atoms. The van der Waals surface area contributed by atoms with Gasteiger partial charge in [-0.2, -0.15) is 5.10 Å². The smallest absolute Gasteiger partial charge is 0.227 e. The maximum absolute atomic E-state index is 12.6. The second-order valence-electron chi connectivity index (χ2n) is 6.19. The number of carbonyl (C=O) groups excluding carboxylic acids is 2. The minimum absolute atomic E-state index is 0.0215. The largest absolute Gasteiger partial charge is 0.343 e. The number of aromatic nitrogens is 3. The van der Waals surface area contributed by atoms with E-state index in [2.05, 4.69) is 10.1 Å². The zero-order valence-corrected chi connectivity index (χ0v) is 15.5. The second-order valence-corrected chi connectivity index (χ2v) is 6.54. The first-order valence-corrected chi connectivity index (χ1v) is 9.21. The Morgan fingerprint density at radius 2 is 2.27 bits per heavy atom. The molecule has 3 rings (SSSR count). The van der Waals surface area contributed by atoms with E-state index < -0.39 is 0 Å². The van der Waals surface area contributed by atoms with Crippen LogP contribution in [-0.2, 0) is 9.59 Å². The average Bonchev–Trinajstić information content (AvgIpc) is 3.23. The molecule has 1 fully saturated rings. The first kappa shape index (κ1) is 18.4. The van der Waals surface area contributed by atoms with Crippen LogP contribution in [0.2, 0.25) is 5.15 Å². The fourth-order valence-electron chi connectivity index (χ4n) is 3.12. The van der Waals surface area contributed by atoms with Crippen molar-refractivity contribution in [3.63, 3.8) is 0 Å². The first-order chi connectivity index (χ1) is 12.6. The van der Waals surface area contributed by atoms with Crippen LogP contribution < -0.4 is 4.90 Å². The molecular formula is C18H22ClN5O2. The SMILES string of the molecule is CCN(C(=O)CCCN1CCCC1=O)c1cn(-c2cccnc2)nc1Cl. The van der Waals surface area contributed by atoms with Crippen LogP contribution in [0.4, 0.5) is 5.69 Å². The van der Waals surface area contributed by atoms with Gasteiger partial charge in [-0.15, -0.1) is 0 Å². The van der Waals surface area contributed by atoms with E-state index in [4.69, 9.17) is 11.6 Å². The summed E-state index contributed by atoms with van der Waals surface area (Å²) in [5.74, 6) is 0.164. The molecule has 1 saturated heterocycles. The Morgan fingerprint density at radius 3 is 2.92 bits per heavy atom. The molecule has 0 unspecified atom stereocenters. The van der Waals surface area contributed by atoms with Crippen molar-refractivity contribution >= 4 is 29.1 Å². The van der Waals surface area contributed by atoms with Gasteiger partial charge in [0.15, 0.2) is 5.15 Å². The van der Waals surface area contributed by atoms with Crippen molar-refractivity contribution in [3.05, 3.63) is 35.9 Å². The Bertz CT molecular complexity index is 777. The van der Waals surface area contributed by atoms with E-state index in [1.807, 2.05) is 24.0 Å². The van der Waals surface area contributed by atoms with Crippen LogP contribution in [0.1, 0.15) is 32.6 Å². The molecule has 2 amide bonds. The molecule has 2 aromatic rings. The lowest BCUT2D eigenvalue weighted by Gasteiger charge is -2.20. The van der Waals surface area contributed by atoms with Gasteiger partial charge in [0.25, 0.3) is 0 Å². The molecule has 7 nitrogen and oxygen atoms in total. The number of amides is 2. The minimum Gasteiger partial charge on any atom is -0.343 e. The summed E-state index contributed by atoms with van der Waals surface area (Å²) in [4.78, 5) is 31.8. The molecule has 0 radical (unpaired) electrons. The van der Waals surface area contributed by atoms with Gasteiger partial charge in [0.1, 0.15) is 5.69 Å². The fraction of sp³-hybridized carbons (Fsp3) is 0.444. The number of hydrogen-bond acceptors (Lipinski definition) is 4. The molecule has 3 heterocycles. The summed E-state index contributed by atoms with van der Waals surface area (Å²) in [6.45, 7) is 3.83. The Morgan fingerprint density at radius 1 is 1.42 bits per heavy atom. The molecule has 1 aliphatic heterocycles. The summed E-state index contributed by atoms with van der Waals surface area (Å²) < 4.78 is 1.61. The Labute approximate surface area is 157 Å². The zero-order chi connectivity index (χ0) is 18.5. The van der Waals surface area contributed by atoms with E-state index in [1.165, 1.54) is 0 Å². The van der Waals surface area contributed by atoms with Gasteiger partial charge in [0.2, 0.25) is 11.8 Å². The van der Waals surface area contributed by atoms with Crippen molar-refractivity contribution in [1.82, 2.24) is 19.7 Å². The van der Waals surface area contributed by atoms with Crippen molar-refractivity contribution in [3.8, 4) is 5.69 Å². The molecule has 1 aliphatic rings. The quantitative estimate of drug-likeness (QED) is 0.745. The number of halogens is 1. The lowest BCUT2D eigenvalue weighted by atomic mass is 10.2. The number of hydrogen-bond donors (Lipinski definition) is 0. The molecule has 0 spiro atoms. The van der Waals surface area contributed by atoms with Crippen molar-refractivity contribution in [2.75, 3.05) is 24.5 Å². The van der Waals surface area contributed by atoms with Gasteiger partial charge in [0, 0.05) is 38.7 Å². The standard InChI is InChI=1S/C18H22ClN5O2/c1-2-23(17(26)8-5-11-22-10-4-7-16(22)25)15-13-24(21-18(15)19)14-6-3-9-20-12-14/h3,6,9,12-13H,2,4-5,7-8,10-11H2,1H3. The van der Waals surface area contributed by atoms with E-state index in [9.17, 15) is 9.59 Å². The predicted molar refractivity (Wildman–Crippen MR) is 99.4 cm³/mol. The van der Waals surface area contributed by atoms with Crippen LogP contribution in [0.3, 0.4) is 0 Å². The molecule has 138 valence electrons. The number of carbonyl (C=O) groups is 2. The molecule has 0 aromatic carbocycles. The van der Waals surface area contributed by atoms with Gasteiger partial charge in [0.05, 0.1) is 18.1 Å². The highest BCUT2D eigenvalue weighted by Crippen LogP contribution is 2.26. The van der Waals surface area contributed by atoms with Gasteiger partial charge in [-0.05, 0) is 31.9 Å². The summed E-state index contributed by atoms with van der Waals surface area (Å²) in [5.41, 5.74) is 1.36. The Balaban J connectivity index is 1.65. The maximum atomic E-state index is 12.6. The van der Waals surface area contributed by atoms with Crippen molar-refractivity contribution in [1.29, 1.82) is 0 Å². The van der Waals surface area contributed by atoms with E-state index >= 15 is 0 Å². The van der Waals surface area contributed by atoms with Crippen LogP contribution in [0.5, 0.6) is 0 Å². The summed E-state index contributed by atoms with van der Waals surface area (Å²) in [6.07, 6.45) is 7.65. The Hall–Kier alpha value is -2.41. The maximum Gasteiger partial charge on any atom is 0.227 e. The summed E-state index contributed by atoms with van der Waals surface area (Å²) >= 11 is 6.27. The molecular weight excluding hydrogens is 354 g/mol. The zero-order valence-electron chi connectivity index (χ0n) is 14.8. The van der Waals surface area contributed by atoms with Gasteiger partial charge >= 0.3 is 0 Å². The van der Waals surface area contributed by atoms with Crippen molar-refractivity contribution in [2.45, 2.75) is 32.6 Å². The van der Waals surface area contributed by atoms with Gasteiger partial charge in [-0.25, -0.2) is 4.68 Å². The predicted octanol–water partition coefficient (Wildman–Crippen LogP) is 2.68. The summed E-state index contributed by atoms with van der Waals surface area (Å²) in [6, 6.07) is 3.68.